The van der Waals surface area contributed by atoms with Gasteiger partial charge in [0.1, 0.15) is 6.10 Å². The van der Waals surface area contributed by atoms with E-state index in [-0.39, 0.29) is 17.6 Å². The van der Waals surface area contributed by atoms with Gasteiger partial charge in [0.2, 0.25) is 0 Å². The number of methoxy groups -OCH3 is 1. The van der Waals surface area contributed by atoms with E-state index in [4.69, 9.17) is 28.9 Å². The number of aryl methyl sites for hydroxylation is 1. The van der Waals surface area contributed by atoms with E-state index in [1.165, 1.54) is 20.1 Å². The second kappa shape index (κ2) is 15.0. The number of rotatable bonds is 10. The van der Waals surface area contributed by atoms with Crippen LogP contribution in [-0.2, 0) is 25.5 Å². The molecule has 226 valence electrons. The van der Waals surface area contributed by atoms with Gasteiger partial charge in [0, 0.05) is 36.6 Å². The van der Waals surface area contributed by atoms with Gasteiger partial charge < -0.3 is 34.3 Å². The van der Waals surface area contributed by atoms with Gasteiger partial charge in [-0.1, -0.05) is 24.6 Å². The van der Waals surface area contributed by atoms with Crippen molar-refractivity contribution in [3.63, 3.8) is 0 Å². The average molecular weight is 587 g/mol. The second-order valence-corrected chi connectivity index (χ2v) is 9.66. The van der Waals surface area contributed by atoms with Crippen molar-refractivity contribution in [3.8, 4) is 17.2 Å². The van der Waals surface area contributed by atoms with E-state index in [1.54, 1.807) is 25.1 Å². The van der Waals surface area contributed by atoms with Crippen LogP contribution in [-0.4, -0.2) is 53.5 Å². The Kier molecular flexibility index (Phi) is 11.4. The highest BCUT2D eigenvalue weighted by Gasteiger charge is 2.27. The summed E-state index contributed by atoms with van der Waals surface area (Å²) in [6, 6.07) is 6.57. The van der Waals surface area contributed by atoms with Crippen LogP contribution in [0.4, 0.5) is 4.39 Å². The number of ether oxygens (including phenoxy) is 3. The van der Waals surface area contributed by atoms with Crippen molar-refractivity contribution in [3.05, 3.63) is 59.1 Å². The van der Waals surface area contributed by atoms with E-state index in [0.717, 1.165) is 54.6 Å². The summed E-state index contributed by atoms with van der Waals surface area (Å²) in [6.45, 7) is 7.02. The molecule has 2 aromatic carbocycles. The first-order valence-electron chi connectivity index (χ1n) is 13.5. The molecule has 1 aliphatic heterocycles. The zero-order chi connectivity index (χ0) is 30.8. The highest BCUT2D eigenvalue weighted by molar-refractivity contribution is 5.89. The number of carboxylic acids is 2. The maximum atomic E-state index is 15.3. The largest absolute Gasteiger partial charge is 0.493 e. The highest BCUT2D eigenvalue weighted by atomic mass is 19.1. The summed E-state index contributed by atoms with van der Waals surface area (Å²) in [6.07, 6.45) is 4.00. The number of halogens is 1. The number of piperidine rings is 1. The van der Waals surface area contributed by atoms with Crippen LogP contribution in [0, 0.1) is 5.82 Å². The number of benzene rings is 2. The lowest BCUT2D eigenvalue weighted by Crippen LogP contribution is -2.26. The Morgan fingerprint density at radius 2 is 1.81 bits per heavy atom. The van der Waals surface area contributed by atoms with Crippen LogP contribution in [0.25, 0.3) is 11.0 Å². The molecule has 3 N–H and O–H groups in total. The Morgan fingerprint density at radius 3 is 2.38 bits per heavy atom. The number of carbonyl (C=O) groups excluding carboxylic acids is 1. The topological polar surface area (TPSA) is 157 Å². The molecule has 2 heterocycles. The molecule has 1 atom stereocenters. The fourth-order valence-corrected chi connectivity index (χ4v) is 4.72. The van der Waals surface area contributed by atoms with Crippen LogP contribution in [0.15, 0.2) is 40.9 Å². The molecule has 1 saturated heterocycles. The van der Waals surface area contributed by atoms with Gasteiger partial charge in [0.25, 0.3) is 0 Å². The minimum absolute atomic E-state index is 0.159. The lowest BCUT2D eigenvalue weighted by Gasteiger charge is -2.22. The maximum Gasteiger partial charge on any atom is 0.328 e. The SMILES string of the molecule is CCCc1c(Oc2ccc(C(C)OC(C)=O)cc2OC)c(F)cc2onc(C3CCNCC3)c12.O=C(O)C=CC(=O)O. The van der Waals surface area contributed by atoms with Crippen molar-refractivity contribution in [1.29, 1.82) is 0 Å². The zero-order valence-corrected chi connectivity index (χ0v) is 23.9. The maximum absolute atomic E-state index is 15.3. The third kappa shape index (κ3) is 8.29. The molecule has 0 radical (unpaired) electrons. The third-order valence-corrected chi connectivity index (χ3v) is 6.60. The molecule has 4 rings (SSSR count). The predicted molar refractivity (Wildman–Crippen MR) is 150 cm³/mol. The van der Waals surface area contributed by atoms with E-state index in [2.05, 4.69) is 10.5 Å². The van der Waals surface area contributed by atoms with Crippen molar-refractivity contribution in [2.75, 3.05) is 20.2 Å². The van der Waals surface area contributed by atoms with Crippen LogP contribution >= 0.6 is 0 Å². The van der Waals surface area contributed by atoms with Gasteiger partial charge in [0.15, 0.2) is 28.6 Å². The number of hydrogen-bond donors (Lipinski definition) is 3. The summed E-state index contributed by atoms with van der Waals surface area (Å²) in [5, 5.41) is 24.2. The van der Waals surface area contributed by atoms with E-state index in [1.807, 2.05) is 6.92 Å². The van der Waals surface area contributed by atoms with Crippen LogP contribution in [0.2, 0.25) is 0 Å². The van der Waals surface area contributed by atoms with Gasteiger partial charge in [-0.05, 0) is 57.0 Å². The molecular weight excluding hydrogens is 551 g/mol. The smallest absolute Gasteiger partial charge is 0.328 e. The van der Waals surface area contributed by atoms with Gasteiger partial charge in [-0.3, -0.25) is 4.79 Å². The number of hydrogen-bond acceptors (Lipinski definition) is 9. The predicted octanol–water partition coefficient (Wildman–Crippen LogP) is 5.52. The highest BCUT2D eigenvalue weighted by Crippen LogP contribution is 2.42. The van der Waals surface area contributed by atoms with Crippen molar-refractivity contribution < 1.29 is 47.7 Å². The monoisotopic (exact) mass is 586 g/mol. The molecule has 0 spiro atoms. The van der Waals surface area contributed by atoms with Crippen LogP contribution in [0.1, 0.15) is 68.9 Å². The molecule has 0 aliphatic carbocycles. The molecule has 12 heteroatoms. The summed E-state index contributed by atoms with van der Waals surface area (Å²) in [5.74, 6) is -2.19. The number of carboxylic acid groups (broad SMARTS) is 2. The van der Waals surface area contributed by atoms with Gasteiger partial charge in [0.05, 0.1) is 18.2 Å². The molecule has 0 bridgehead atoms. The first-order valence-corrected chi connectivity index (χ1v) is 13.5. The standard InChI is InChI=1S/C26H31FN2O5.C4H4O4/c1-5-6-19-24-23(34-29-25(24)17-9-11-28-12-10-17)14-20(27)26(19)33-21-8-7-18(13-22(21)31-4)15(2)32-16(3)30;5-3(6)1-2-4(7)8/h7-8,13-15,17,28H,5-6,9-12H2,1-4H3;1-2H,(H,5,6)(H,7,8). The fraction of sp³-hybridized carbons (Fsp3) is 0.400. The molecule has 42 heavy (non-hydrogen) atoms. The Labute approximate surface area is 242 Å². The van der Waals surface area contributed by atoms with Crippen molar-refractivity contribution in [2.24, 2.45) is 0 Å². The molecule has 1 aromatic heterocycles. The first kappa shape index (κ1) is 32.1. The van der Waals surface area contributed by atoms with Crippen molar-refractivity contribution >= 4 is 28.9 Å². The van der Waals surface area contributed by atoms with E-state index >= 15 is 4.39 Å². The second-order valence-electron chi connectivity index (χ2n) is 9.66. The summed E-state index contributed by atoms with van der Waals surface area (Å²) in [5.41, 5.74) is 2.82. The molecular formula is C30H35FN2O9. The number of fused-ring (bicyclic) bond motifs is 1. The van der Waals surface area contributed by atoms with Crippen LogP contribution < -0.4 is 14.8 Å². The normalized spacial score (nSPS) is 14.2. The van der Waals surface area contributed by atoms with Gasteiger partial charge in [-0.15, -0.1) is 0 Å². The quantitative estimate of drug-likeness (QED) is 0.203. The first-order chi connectivity index (χ1) is 20.0. The Bertz CT molecular complexity index is 1430. The number of aromatic nitrogens is 1. The Balaban J connectivity index is 0.000000531. The van der Waals surface area contributed by atoms with E-state index in [9.17, 15) is 14.4 Å². The Morgan fingerprint density at radius 1 is 1.14 bits per heavy atom. The average Bonchev–Trinajstić information content (AvgIpc) is 3.37. The summed E-state index contributed by atoms with van der Waals surface area (Å²) < 4.78 is 37.8. The third-order valence-electron chi connectivity index (χ3n) is 6.60. The van der Waals surface area contributed by atoms with Gasteiger partial charge >= 0.3 is 17.9 Å². The lowest BCUT2D eigenvalue weighted by molar-refractivity contribution is -0.145. The molecule has 11 nitrogen and oxygen atoms in total. The minimum atomic E-state index is -1.26. The van der Waals surface area contributed by atoms with Gasteiger partial charge in [-0.25, -0.2) is 14.0 Å². The summed E-state index contributed by atoms with van der Waals surface area (Å²) in [7, 11) is 1.52. The molecule has 1 aliphatic rings. The molecule has 1 fully saturated rings. The fourth-order valence-electron chi connectivity index (χ4n) is 4.72. The van der Waals surface area contributed by atoms with Crippen molar-refractivity contribution in [2.45, 2.75) is 58.5 Å². The van der Waals surface area contributed by atoms with Gasteiger partial charge in [-0.2, -0.15) is 0 Å². The van der Waals surface area contributed by atoms with Crippen LogP contribution in [0.5, 0.6) is 17.2 Å². The molecule has 1 unspecified atom stereocenters. The molecule has 0 amide bonds. The minimum Gasteiger partial charge on any atom is -0.493 e. The van der Waals surface area contributed by atoms with Crippen LogP contribution in [0.3, 0.4) is 0 Å². The van der Waals surface area contributed by atoms with Crippen molar-refractivity contribution in [1.82, 2.24) is 10.5 Å². The molecule has 3 aromatic rings. The summed E-state index contributed by atoms with van der Waals surface area (Å²) in [4.78, 5) is 30.4. The Hall–Kier alpha value is -4.45. The number of esters is 1. The van der Waals surface area contributed by atoms with E-state index < -0.39 is 23.9 Å². The lowest BCUT2D eigenvalue weighted by atomic mass is 9.90. The molecule has 0 saturated carbocycles. The number of nitrogens with zero attached hydrogens (tertiary/aromatic N) is 1. The van der Waals surface area contributed by atoms with E-state index in [0.29, 0.717) is 35.7 Å². The number of carbonyl (C=O) groups is 3. The zero-order valence-electron chi connectivity index (χ0n) is 23.9. The number of nitrogens with one attached hydrogen (secondary N) is 1. The summed E-state index contributed by atoms with van der Waals surface area (Å²) >= 11 is 0. The number of aliphatic carboxylic acids is 2.